The van der Waals surface area contributed by atoms with Crippen molar-refractivity contribution < 1.29 is 9.84 Å². The fraction of sp³-hybridized carbons (Fsp3) is 0.381. The molecule has 26 heavy (non-hydrogen) atoms. The fourth-order valence-electron chi connectivity index (χ4n) is 2.63. The Morgan fingerprint density at radius 2 is 1.96 bits per heavy atom. The zero-order valence-electron chi connectivity index (χ0n) is 16.2. The molecule has 0 aliphatic rings. The van der Waals surface area contributed by atoms with Gasteiger partial charge in [-0.25, -0.2) is 0 Å². The Labute approximate surface area is 154 Å². The molecule has 0 spiro atoms. The monoisotopic (exact) mass is 356 g/mol. The van der Waals surface area contributed by atoms with Gasteiger partial charge < -0.3 is 19.7 Å². The molecular formula is C21H28N2O3. The smallest absolute Gasteiger partial charge is 0.294 e. The SMILES string of the molecule is CC(C)=CCC/C(C)=C/COc1c(O)c(=O)[nH]c2cc(N(C)C)ccc12. The molecule has 0 atom stereocenters. The van der Waals surface area contributed by atoms with E-state index < -0.39 is 5.56 Å². The molecule has 1 aromatic heterocycles. The fourth-order valence-corrected chi connectivity index (χ4v) is 2.63. The molecule has 0 saturated carbocycles. The zero-order chi connectivity index (χ0) is 19.3. The van der Waals surface area contributed by atoms with E-state index in [0.29, 0.717) is 17.5 Å². The Balaban J connectivity index is 2.22. The van der Waals surface area contributed by atoms with Gasteiger partial charge in [-0.1, -0.05) is 17.2 Å². The zero-order valence-corrected chi connectivity index (χ0v) is 16.2. The number of aromatic hydroxyl groups is 1. The molecule has 0 aliphatic carbocycles. The van der Waals surface area contributed by atoms with E-state index >= 15 is 0 Å². The Bertz CT molecular complexity index is 888. The number of aromatic nitrogens is 1. The van der Waals surface area contributed by atoms with Gasteiger partial charge in [0.2, 0.25) is 5.75 Å². The van der Waals surface area contributed by atoms with Crippen LogP contribution in [0.5, 0.6) is 11.5 Å². The minimum absolute atomic E-state index is 0.224. The van der Waals surface area contributed by atoms with E-state index in [-0.39, 0.29) is 11.5 Å². The molecule has 1 heterocycles. The molecule has 2 rings (SSSR count). The molecule has 0 amide bonds. The minimum atomic E-state index is -0.548. The summed E-state index contributed by atoms with van der Waals surface area (Å²) in [5, 5.41) is 10.8. The number of nitrogens with one attached hydrogen (secondary N) is 1. The first-order valence-corrected chi connectivity index (χ1v) is 8.77. The topological polar surface area (TPSA) is 65.6 Å². The summed E-state index contributed by atoms with van der Waals surface area (Å²) in [6.07, 6.45) is 6.15. The second kappa shape index (κ2) is 8.61. The standard InChI is InChI=1S/C21H28N2O3/c1-14(2)7-6-8-15(3)11-12-26-20-17-10-9-16(23(4)5)13-18(17)22-21(25)19(20)24/h7,9-11,13,24H,6,8,12H2,1-5H3,(H,22,25)/b15-11+. The maximum Gasteiger partial charge on any atom is 0.294 e. The van der Waals surface area contributed by atoms with Crippen LogP contribution in [0.25, 0.3) is 10.9 Å². The van der Waals surface area contributed by atoms with Crippen LogP contribution in [0.4, 0.5) is 5.69 Å². The van der Waals surface area contributed by atoms with Crippen LogP contribution in [0.1, 0.15) is 33.6 Å². The predicted molar refractivity (Wildman–Crippen MR) is 108 cm³/mol. The van der Waals surface area contributed by atoms with E-state index in [0.717, 1.165) is 18.5 Å². The highest BCUT2D eigenvalue weighted by Gasteiger charge is 2.13. The van der Waals surface area contributed by atoms with E-state index in [2.05, 4.69) is 31.8 Å². The van der Waals surface area contributed by atoms with Crippen molar-refractivity contribution in [3.05, 3.63) is 51.9 Å². The molecule has 1 aromatic carbocycles. The lowest BCUT2D eigenvalue weighted by Crippen LogP contribution is -2.11. The summed E-state index contributed by atoms with van der Waals surface area (Å²) < 4.78 is 5.75. The van der Waals surface area contributed by atoms with E-state index in [4.69, 9.17) is 4.74 Å². The number of nitrogens with zero attached hydrogens (tertiary/aromatic N) is 1. The van der Waals surface area contributed by atoms with E-state index in [9.17, 15) is 9.90 Å². The number of allylic oxidation sites excluding steroid dienone is 3. The quantitative estimate of drug-likeness (QED) is 0.723. The van der Waals surface area contributed by atoms with Crippen molar-refractivity contribution in [3.63, 3.8) is 0 Å². The summed E-state index contributed by atoms with van der Waals surface area (Å²) in [4.78, 5) is 16.7. The third kappa shape index (κ3) is 4.91. The van der Waals surface area contributed by atoms with Crippen LogP contribution in [0.2, 0.25) is 0 Å². The van der Waals surface area contributed by atoms with Crippen molar-refractivity contribution in [1.82, 2.24) is 4.98 Å². The van der Waals surface area contributed by atoms with E-state index in [1.165, 1.54) is 11.1 Å². The van der Waals surface area contributed by atoms with Gasteiger partial charge in [-0.3, -0.25) is 4.79 Å². The molecule has 0 unspecified atom stereocenters. The second-order valence-corrected chi connectivity index (χ2v) is 6.94. The van der Waals surface area contributed by atoms with Crippen molar-refractivity contribution in [2.24, 2.45) is 0 Å². The van der Waals surface area contributed by atoms with E-state index in [1.54, 1.807) is 0 Å². The molecule has 5 nitrogen and oxygen atoms in total. The van der Waals surface area contributed by atoms with Gasteiger partial charge in [0.1, 0.15) is 6.61 Å². The summed E-state index contributed by atoms with van der Waals surface area (Å²) in [5.41, 5.74) is 3.57. The Kier molecular flexibility index (Phi) is 6.50. The van der Waals surface area contributed by atoms with E-state index in [1.807, 2.05) is 43.3 Å². The molecule has 2 N–H and O–H groups in total. The van der Waals surface area contributed by atoms with Gasteiger partial charge in [0.05, 0.1) is 5.52 Å². The lowest BCUT2D eigenvalue weighted by atomic mass is 10.1. The lowest BCUT2D eigenvalue weighted by Gasteiger charge is -2.15. The van der Waals surface area contributed by atoms with Crippen LogP contribution in [-0.4, -0.2) is 30.8 Å². The number of rotatable bonds is 7. The average molecular weight is 356 g/mol. The van der Waals surface area contributed by atoms with Crippen LogP contribution in [0.3, 0.4) is 0 Å². The number of H-pyrrole nitrogens is 1. The molecule has 140 valence electrons. The molecule has 2 aromatic rings. The van der Waals surface area contributed by atoms with Gasteiger partial charge in [-0.2, -0.15) is 0 Å². The number of hydrogen-bond acceptors (Lipinski definition) is 4. The Hall–Kier alpha value is -2.69. The van der Waals surface area contributed by atoms with Crippen molar-refractivity contribution >= 4 is 16.6 Å². The molecule has 0 fully saturated rings. The summed E-state index contributed by atoms with van der Waals surface area (Å²) in [5.74, 6) is -0.159. The maximum absolute atomic E-state index is 12.0. The van der Waals surface area contributed by atoms with Crippen molar-refractivity contribution in [2.45, 2.75) is 33.6 Å². The third-order valence-corrected chi connectivity index (χ3v) is 4.19. The number of fused-ring (bicyclic) bond motifs is 1. The predicted octanol–water partition coefficient (Wildman–Crippen LogP) is 4.37. The first-order chi connectivity index (χ1) is 12.3. The molecule has 0 saturated heterocycles. The minimum Gasteiger partial charge on any atom is -0.500 e. The Morgan fingerprint density at radius 1 is 1.23 bits per heavy atom. The average Bonchev–Trinajstić information content (AvgIpc) is 2.57. The summed E-state index contributed by atoms with van der Waals surface area (Å²) >= 11 is 0. The van der Waals surface area contributed by atoms with Crippen LogP contribution in [0, 0.1) is 0 Å². The normalized spacial score (nSPS) is 11.5. The summed E-state index contributed by atoms with van der Waals surface area (Å²) in [6, 6.07) is 5.64. The number of hydrogen-bond donors (Lipinski definition) is 2. The molecular weight excluding hydrogens is 328 g/mol. The molecule has 0 radical (unpaired) electrons. The first kappa shape index (κ1) is 19.6. The van der Waals surface area contributed by atoms with Crippen LogP contribution in [0.15, 0.2) is 46.3 Å². The number of aromatic amines is 1. The summed E-state index contributed by atoms with van der Waals surface area (Å²) in [7, 11) is 3.86. The van der Waals surface area contributed by atoms with Gasteiger partial charge in [-0.05, 0) is 57.9 Å². The van der Waals surface area contributed by atoms with Crippen molar-refractivity contribution in [2.75, 3.05) is 25.6 Å². The second-order valence-electron chi connectivity index (χ2n) is 6.94. The number of pyridine rings is 1. The van der Waals surface area contributed by atoms with Gasteiger partial charge in [0.25, 0.3) is 5.56 Å². The summed E-state index contributed by atoms with van der Waals surface area (Å²) in [6.45, 7) is 6.54. The van der Waals surface area contributed by atoms with Gasteiger partial charge >= 0.3 is 0 Å². The van der Waals surface area contributed by atoms with Crippen molar-refractivity contribution in [1.29, 1.82) is 0 Å². The highest BCUT2D eigenvalue weighted by Crippen LogP contribution is 2.32. The molecule has 0 aliphatic heterocycles. The Morgan fingerprint density at radius 3 is 2.62 bits per heavy atom. The molecule has 0 bridgehead atoms. The maximum atomic E-state index is 12.0. The number of benzene rings is 1. The van der Waals surface area contributed by atoms with Gasteiger partial charge in [0.15, 0.2) is 5.75 Å². The van der Waals surface area contributed by atoms with Crippen LogP contribution < -0.4 is 15.2 Å². The number of anilines is 1. The highest BCUT2D eigenvalue weighted by molar-refractivity contribution is 5.89. The lowest BCUT2D eigenvalue weighted by molar-refractivity contribution is 0.337. The highest BCUT2D eigenvalue weighted by atomic mass is 16.5. The van der Waals surface area contributed by atoms with Crippen LogP contribution in [-0.2, 0) is 0 Å². The van der Waals surface area contributed by atoms with Crippen molar-refractivity contribution in [3.8, 4) is 11.5 Å². The number of ether oxygens (including phenoxy) is 1. The third-order valence-electron chi connectivity index (χ3n) is 4.19. The van der Waals surface area contributed by atoms with Gasteiger partial charge in [0, 0.05) is 25.2 Å². The molecule has 5 heteroatoms. The largest absolute Gasteiger partial charge is 0.500 e. The van der Waals surface area contributed by atoms with Crippen LogP contribution >= 0.6 is 0 Å². The van der Waals surface area contributed by atoms with Gasteiger partial charge in [-0.15, -0.1) is 0 Å². The first-order valence-electron chi connectivity index (χ1n) is 8.77.